The van der Waals surface area contributed by atoms with E-state index in [1.54, 1.807) is 0 Å². The molecule has 1 aliphatic rings. The normalized spacial score (nSPS) is 18.4. The Labute approximate surface area is 122 Å². The first-order chi connectivity index (χ1) is 9.51. The SMILES string of the molecule is COC(=O)C1CC(=O)N(c2nnc(SCC(=O)O)s2)C1. The lowest BCUT2D eigenvalue weighted by molar-refractivity contribution is -0.145. The highest BCUT2D eigenvalue weighted by molar-refractivity contribution is 8.01. The fourth-order valence-corrected chi connectivity index (χ4v) is 3.30. The molecule has 2 rings (SSSR count). The standard InChI is InChI=1S/C10H11N3O5S2/c1-18-8(17)5-2-6(14)13(3-5)9-11-12-10(20-9)19-4-7(15)16/h5H,2-4H2,1H3,(H,15,16). The van der Waals surface area contributed by atoms with E-state index in [9.17, 15) is 14.4 Å². The monoisotopic (exact) mass is 317 g/mol. The van der Waals surface area contributed by atoms with Gasteiger partial charge in [-0.15, -0.1) is 10.2 Å². The Hall–Kier alpha value is -1.68. The van der Waals surface area contributed by atoms with Gasteiger partial charge in [0.1, 0.15) is 0 Å². The zero-order chi connectivity index (χ0) is 14.7. The van der Waals surface area contributed by atoms with E-state index in [1.807, 2.05) is 0 Å². The van der Waals surface area contributed by atoms with E-state index in [4.69, 9.17) is 5.11 Å². The van der Waals surface area contributed by atoms with Gasteiger partial charge in [-0.1, -0.05) is 23.1 Å². The molecule has 10 heteroatoms. The van der Waals surface area contributed by atoms with Crippen LogP contribution >= 0.6 is 23.1 Å². The first kappa shape index (κ1) is 14.7. The number of amides is 1. The Morgan fingerprint density at radius 1 is 1.55 bits per heavy atom. The smallest absolute Gasteiger partial charge is 0.313 e. The molecular formula is C10H11N3O5S2. The highest BCUT2D eigenvalue weighted by atomic mass is 32.2. The third-order valence-electron chi connectivity index (χ3n) is 2.61. The third-order valence-corrected chi connectivity index (χ3v) is 4.67. The zero-order valence-corrected chi connectivity index (χ0v) is 12.1. The molecule has 2 heterocycles. The maximum absolute atomic E-state index is 11.8. The van der Waals surface area contributed by atoms with Crippen molar-refractivity contribution in [1.82, 2.24) is 10.2 Å². The number of anilines is 1. The lowest BCUT2D eigenvalue weighted by Gasteiger charge is -2.10. The van der Waals surface area contributed by atoms with E-state index in [1.165, 1.54) is 12.0 Å². The number of esters is 1. The van der Waals surface area contributed by atoms with Gasteiger partial charge >= 0.3 is 11.9 Å². The quantitative estimate of drug-likeness (QED) is 0.467. The first-order valence-corrected chi connectivity index (χ1v) is 7.37. The molecule has 108 valence electrons. The van der Waals surface area contributed by atoms with Crippen LogP contribution in [0.2, 0.25) is 0 Å². The lowest BCUT2D eigenvalue weighted by atomic mass is 10.1. The lowest BCUT2D eigenvalue weighted by Crippen LogP contribution is -2.26. The van der Waals surface area contributed by atoms with Gasteiger partial charge in [-0.25, -0.2) is 0 Å². The number of hydrogen-bond donors (Lipinski definition) is 1. The molecular weight excluding hydrogens is 306 g/mol. The molecule has 1 fully saturated rings. The molecule has 0 aliphatic carbocycles. The van der Waals surface area contributed by atoms with E-state index < -0.39 is 17.9 Å². The summed E-state index contributed by atoms with van der Waals surface area (Å²) in [6, 6.07) is 0. The number of carbonyl (C=O) groups is 3. The van der Waals surface area contributed by atoms with Gasteiger partial charge in [0, 0.05) is 13.0 Å². The number of methoxy groups -OCH3 is 1. The molecule has 1 aromatic rings. The van der Waals surface area contributed by atoms with Gasteiger partial charge < -0.3 is 9.84 Å². The molecule has 0 saturated carbocycles. The number of aromatic nitrogens is 2. The number of rotatable bonds is 5. The molecule has 0 spiro atoms. The van der Waals surface area contributed by atoms with Crippen LogP contribution in [0.15, 0.2) is 4.34 Å². The summed E-state index contributed by atoms with van der Waals surface area (Å²) in [6.45, 7) is 0.212. The van der Waals surface area contributed by atoms with Gasteiger partial charge in [0.2, 0.25) is 11.0 Å². The summed E-state index contributed by atoms with van der Waals surface area (Å²) in [7, 11) is 1.28. The maximum Gasteiger partial charge on any atom is 0.313 e. The molecule has 0 aromatic carbocycles. The van der Waals surface area contributed by atoms with Crippen LogP contribution in [-0.4, -0.2) is 52.6 Å². The summed E-state index contributed by atoms with van der Waals surface area (Å²) in [4.78, 5) is 35.1. The van der Waals surface area contributed by atoms with Crippen molar-refractivity contribution < 1.29 is 24.2 Å². The Bertz CT molecular complexity index is 547. The van der Waals surface area contributed by atoms with E-state index in [-0.39, 0.29) is 24.6 Å². The minimum atomic E-state index is -0.949. The van der Waals surface area contributed by atoms with Crippen LogP contribution in [0.1, 0.15) is 6.42 Å². The van der Waals surface area contributed by atoms with Crippen molar-refractivity contribution in [3.63, 3.8) is 0 Å². The van der Waals surface area contributed by atoms with Crippen molar-refractivity contribution in [3.05, 3.63) is 0 Å². The first-order valence-electron chi connectivity index (χ1n) is 5.57. The summed E-state index contributed by atoms with van der Waals surface area (Å²) >= 11 is 2.16. The fourth-order valence-electron chi connectivity index (χ4n) is 1.71. The summed E-state index contributed by atoms with van der Waals surface area (Å²) in [5, 5.41) is 16.6. The molecule has 1 unspecified atom stereocenters. The minimum Gasteiger partial charge on any atom is -0.481 e. The predicted octanol–water partition coefficient (Wildman–Crippen LogP) is 0.241. The van der Waals surface area contributed by atoms with Crippen LogP contribution in [0.4, 0.5) is 5.13 Å². The molecule has 1 atom stereocenters. The molecule has 1 aliphatic heterocycles. The molecule has 1 saturated heterocycles. The van der Waals surface area contributed by atoms with Crippen molar-refractivity contribution in [2.24, 2.45) is 5.92 Å². The van der Waals surface area contributed by atoms with Crippen LogP contribution in [-0.2, 0) is 19.1 Å². The van der Waals surface area contributed by atoms with Crippen LogP contribution in [0, 0.1) is 5.92 Å². The van der Waals surface area contributed by atoms with Gasteiger partial charge in [0.05, 0.1) is 18.8 Å². The predicted molar refractivity (Wildman–Crippen MR) is 70.7 cm³/mol. The zero-order valence-electron chi connectivity index (χ0n) is 10.4. The van der Waals surface area contributed by atoms with Gasteiger partial charge in [-0.2, -0.15) is 0 Å². The molecule has 1 aromatic heterocycles. The van der Waals surface area contributed by atoms with Gasteiger partial charge in [-0.05, 0) is 0 Å². The number of carbonyl (C=O) groups excluding carboxylic acids is 2. The van der Waals surface area contributed by atoms with Gasteiger partial charge in [-0.3, -0.25) is 19.3 Å². The number of nitrogens with zero attached hydrogens (tertiary/aromatic N) is 3. The molecule has 20 heavy (non-hydrogen) atoms. The van der Waals surface area contributed by atoms with Crippen molar-refractivity contribution >= 4 is 46.1 Å². The molecule has 8 nitrogen and oxygen atoms in total. The van der Waals surface area contributed by atoms with Crippen LogP contribution < -0.4 is 4.90 Å². The van der Waals surface area contributed by atoms with Crippen LogP contribution in [0.3, 0.4) is 0 Å². The van der Waals surface area contributed by atoms with E-state index in [0.717, 1.165) is 23.1 Å². The Balaban J connectivity index is 2.03. The molecule has 1 amide bonds. The number of aliphatic carboxylic acids is 1. The minimum absolute atomic E-state index is 0.0872. The van der Waals surface area contributed by atoms with Gasteiger partial charge in [0.15, 0.2) is 4.34 Å². The number of thioether (sulfide) groups is 1. The van der Waals surface area contributed by atoms with E-state index in [0.29, 0.717) is 9.47 Å². The second kappa shape index (κ2) is 6.18. The number of carboxylic acid groups (broad SMARTS) is 1. The number of ether oxygens (including phenoxy) is 1. The largest absolute Gasteiger partial charge is 0.481 e. The number of carboxylic acids is 1. The third kappa shape index (κ3) is 3.25. The topological polar surface area (TPSA) is 110 Å². The summed E-state index contributed by atoms with van der Waals surface area (Å²) in [6.07, 6.45) is 0.0872. The summed E-state index contributed by atoms with van der Waals surface area (Å²) in [5.41, 5.74) is 0. The molecule has 0 bridgehead atoms. The van der Waals surface area contributed by atoms with Crippen molar-refractivity contribution in [2.75, 3.05) is 24.3 Å². The summed E-state index contributed by atoms with van der Waals surface area (Å²) < 4.78 is 5.09. The van der Waals surface area contributed by atoms with Crippen molar-refractivity contribution in [3.8, 4) is 0 Å². The van der Waals surface area contributed by atoms with Crippen molar-refractivity contribution in [1.29, 1.82) is 0 Å². The second-order valence-corrected chi connectivity index (χ2v) is 6.14. The number of hydrogen-bond acceptors (Lipinski definition) is 8. The highest BCUT2D eigenvalue weighted by Crippen LogP contribution is 2.32. The van der Waals surface area contributed by atoms with E-state index in [2.05, 4.69) is 14.9 Å². The fraction of sp³-hybridized carbons (Fsp3) is 0.500. The average molecular weight is 317 g/mol. The van der Waals surface area contributed by atoms with Crippen LogP contribution in [0.25, 0.3) is 0 Å². The summed E-state index contributed by atoms with van der Waals surface area (Å²) in [5.74, 6) is -2.20. The second-order valence-electron chi connectivity index (χ2n) is 3.96. The molecule has 1 N–H and O–H groups in total. The van der Waals surface area contributed by atoms with Crippen LogP contribution in [0.5, 0.6) is 0 Å². The Morgan fingerprint density at radius 2 is 2.30 bits per heavy atom. The average Bonchev–Trinajstić information content (AvgIpc) is 3.01. The Morgan fingerprint density at radius 3 is 2.95 bits per heavy atom. The van der Waals surface area contributed by atoms with Gasteiger partial charge in [0.25, 0.3) is 0 Å². The van der Waals surface area contributed by atoms with E-state index >= 15 is 0 Å². The maximum atomic E-state index is 11.8. The molecule has 0 radical (unpaired) electrons. The Kier molecular flexibility index (Phi) is 4.55. The van der Waals surface area contributed by atoms with Crippen molar-refractivity contribution in [2.45, 2.75) is 10.8 Å². The highest BCUT2D eigenvalue weighted by Gasteiger charge is 2.37.